The minimum Gasteiger partial charge on any atom is -0.493 e. The van der Waals surface area contributed by atoms with Crippen molar-refractivity contribution in [2.24, 2.45) is 0 Å². The van der Waals surface area contributed by atoms with E-state index < -0.39 is 0 Å². The first kappa shape index (κ1) is 18.3. The van der Waals surface area contributed by atoms with Crippen LogP contribution < -0.4 is 9.47 Å². The van der Waals surface area contributed by atoms with Gasteiger partial charge in [-0.3, -0.25) is 9.48 Å². The summed E-state index contributed by atoms with van der Waals surface area (Å²) in [7, 11) is 3.20. The number of carbonyl (C=O) groups excluding carboxylic acids is 1. The van der Waals surface area contributed by atoms with Crippen LogP contribution in [0, 0.1) is 0 Å². The molecule has 0 unspecified atom stereocenters. The average Bonchev–Trinajstić information content (AvgIpc) is 3.05. The highest BCUT2D eigenvalue weighted by Crippen LogP contribution is 2.28. The lowest BCUT2D eigenvalue weighted by atomic mass is 10.0. The zero-order valence-corrected chi connectivity index (χ0v) is 16.2. The van der Waals surface area contributed by atoms with Crippen molar-refractivity contribution in [3.63, 3.8) is 0 Å². The lowest BCUT2D eigenvalue weighted by Crippen LogP contribution is -2.38. The van der Waals surface area contributed by atoms with Gasteiger partial charge in [-0.2, -0.15) is 5.10 Å². The number of carbonyl (C=O) groups is 1. The molecule has 0 spiro atoms. The Morgan fingerprint density at radius 3 is 2.58 bits per heavy atom. The Morgan fingerprint density at radius 2 is 1.92 bits per heavy atom. The maximum atomic E-state index is 12.8. The van der Waals surface area contributed by atoms with E-state index in [4.69, 9.17) is 9.47 Å². The SMILES string of the molecule is COc1ccc(CC(=O)N2CCc3c(cnn3C(C)(C)C)C2)cc1OC. The maximum Gasteiger partial charge on any atom is 0.227 e. The largest absolute Gasteiger partial charge is 0.493 e. The molecule has 0 atom stereocenters. The summed E-state index contributed by atoms with van der Waals surface area (Å²) in [6.45, 7) is 7.79. The fraction of sp³-hybridized carbons (Fsp3) is 0.500. The molecule has 3 rings (SSSR count). The molecule has 1 aliphatic rings. The lowest BCUT2D eigenvalue weighted by Gasteiger charge is -2.30. The molecule has 0 saturated heterocycles. The molecule has 6 nitrogen and oxygen atoms in total. The minimum absolute atomic E-state index is 0.0423. The van der Waals surface area contributed by atoms with Crippen LogP contribution in [0.5, 0.6) is 11.5 Å². The standard InChI is InChI=1S/C20H27N3O3/c1-20(2,3)23-16-8-9-22(13-15(16)12-21-23)19(24)11-14-6-7-17(25-4)18(10-14)26-5/h6-7,10,12H,8-9,11,13H2,1-5H3. The number of fused-ring (bicyclic) bond motifs is 1. The molecule has 1 aromatic heterocycles. The highest BCUT2D eigenvalue weighted by atomic mass is 16.5. The number of ether oxygens (including phenoxy) is 2. The van der Waals surface area contributed by atoms with Gasteiger partial charge in [-0.1, -0.05) is 6.07 Å². The molecule has 2 aromatic rings. The molecular weight excluding hydrogens is 330 g/mol. The number of amides is 1. The molecule has 6 heteroatoms. The summed E-state index contributed by atoms with van der Waals surface area (Å²) < 4.78 is 12.7. The van der Waals surface area contributed by atoms with E-state index in [1.165, 1.54) is 5.69 Å². The molecule has 1 amide bonds. The number of rotatable bonds is 4. The second-order valence-corrected chi connectivity index (χ2v) is 7.63. The second kappa shape index (κ2) is 7.02. The molecular formula is C20H27N3O3. The van der Waals surface area contributed by atoms with Crippen molar-refractivity contribution >= 4 is 5.91 Å². The van der Waals surface area contributed by atoms with E-state index >= 15 is 0 Å². The van der Waals surface area contributed by atoms with Crippen molar-refractivity contribution in [1.29, 1.82) is 0 Å². The topological polar surface area (TPSA) is 56.6 Å². The number of hydrogen-bond donors (Lipinski definition) is 0. The van der Waals surface area contributed by atoms with Crippen molar-refractivity contribution in [3.8, 4) is 11.5 Å². The number of nitrogens with zero attached hydrogens (tertiary/aromatic N) is 3. The van der Waals surface area contributed by atoms with Gasteiger partial charge in [-0.15, -0.1) is 0 Å². The molecule has 140 valence electrons. The van der Waals surface area contributed by atoms with E-state index in [2.05, 4.69) is 30.6 Å². The van der Waals surface area contributed by atoms with Crippen molar-refractivity contribution in [1.82, 2.24) is 14.7 Å². The highest BCUT2D eigenvalue weighted by molar-refractivity contribution is 5.79. The third-order valence-corrected chi connectivity index (χ3v) is 4.73. The molecule has 0 saturated carbocycles. The first-order valence-electron chi connectivity index (χ1n) is 8.88. The van der Waals surface area contributed by atoms with Gasteiger partial charge in [0.1, 0.15) is 0 Å². The van der Waals surface area contributed by atoms with E-state index in [-0.39, 0.29) is 11.4 Å². The van der Waals surface area contributed by atoms with Crippen LogP contribution >= 0.6 is 0 Å². The fourth-order valence-corrected chi connectivity index (χ4v) is 3.40. The van der Waals surface area contributed by atoms with Gasteiger partial charge in [0.05, 0.1) is 32.4 Å². The monoisotopic (exact) mass is 357 g/mol. The average molecular weight is 357 g/mol. The summed E-state index contributed by atoms with van der Waals surface area (Å²) in [6.07, 6.45) is 3.09. The van der Waals surface area contributed by atoms with Crippen LogP contribution in [0.15, 0.2) is 24.4 Å². The van der Waals surface area contributed by atoms with Crippen LogP contribution in [0.4, 0.5) is 0 Å². The molecule has 26 heavy (non-hydrogen) atoms. The normalized spacial score (nSPS) is 14.1. The Balaban J connectivity index is 1.71. The van der Waals surface area contributed by atoms with Gasteiger partial charge >= 0.3 is 0 Å². The fourth-order valence-electron chi connectivity index (χ4n) is 3.40. The van der Waals surface area contributed by atoms with Gasteiger partial charge in [-0.05, 0) is 38.5 Å². The Hall–Kier alpha value is -2.50. The predicted octanol–water partition coefficient (Wildman–Crippen LogP) is 2.78. The Morgan fingerprint density at radius 1 is 1.19 bits per heavy atom. The summed E-state index contributed by atoms with van der Waals surface area (Å²) >= 11 is 0. The molecule has 2 heterocycles. The Bertz CT molecular complexity index is 805. The van der Waals surface area contributed by atoms with Crippen LogP contribution in [0.3, 0.4) is 0 Å². The van der Waals surface area contributed by atoms with Gasteiger partial charge < -0.3 is 14.4 Å². The smallest absolute Gasteiger partial charge is 0.227 e. The van der Waals surface area contributed by atoms with E-state index in [9.17, 15) is 4.79 Å². The van der Waals surface area contributed by atoms with E-state index in [1.54, 1.807) is 14.2 Å². The van der Waals surface area contributed by atoms with Gasteiger partial charge in [0.25, 0.3) is 0 Å². The van der Waals surface area contributed by atoms with E-state index in [0.717, 1.165) is 24.1 Å². The first-order chi connectivity index (χ1) is 12.3. The summed E-state index contributed by atoms with van der Waals surface area (Å²) in [5.41, 5.74) is 3.27. The van der Waals surface area contributed by atoms with Crippen LogP contribution in [0.2, 0.25) is 0 Å². The molecule has 0 N–H and O–H groups in total. The zero-order chi connectivity index (χ0) is 18.9. The van der Waals surface area contributed by atoms with Crippen molar-refractivity contribution in [3.05, 3.63) is 41.2 Å². The summed E-state index contributed by atoms with van der Waals surface area (Å²) in [6, 6.07) is 5.61. The highest BCUT2D eigenvalue weighted by Gasteiger charge is 2.27. The summed E-state index contributed by atoms with van der Waals surface area (Å²) in [5.74, 6) is 1.43. The van der Waals surface area contributed by atoms with Crippen LogP contribution in [0.1, 0.15) is 37.6 Å². The van der Waals surface area contributed by atoms with Crippen LogP contribution in [-0.2, 0) is 29.7 Å². The predicted molar refractivity (Wildman–Crippen MR) is 99.6 cm³/mol. The minimum atomic E-state index is -0.0423. The Kier molecular flexibility index (Phi) is 4.94. The number of methoxy groups -OCH3 is 2. The lowest BCUT2D eigenvalue weighted by molar-refractivity contribution is -0.131. The van der Waals surface area contributed by atoms with Crippen molar-refractivity contribution in [2.75, 3.05) is 20.8 Å². The quantitative estimate of drug-likeness (QED) is 0.844. The first-order valence-corrected chi connectivity index (χ1v) is 8.88. The van der Waals surface area contributed by atoms with Crippen molar-refractivity contribution in [2.45, 2.75) is 45.7 Å². The van der Waals surface area contributed by atoms with Gasteiger partial charge in [-0.25, -0.2) is 0 Å². The summed E-state index contributed by atoms with van der Waals surface area (Å²) in [4.78, 5) is 14.7. The molecule has 1 aliphatic heterocycles. The number of hydrogen-bond acceptors (Lipinski definition) is 4. The molecule has 0 radical (unpaired) electrons. The van der Waals surface area contributed by atoms with Crippen LogP contribution in [0.25, 0.3) is 0 Å². The number of benzene rings is 1. The molecule has 0 fully saturated rings. The van der Waals surface area contributed by atoms with Crippen LogP contribution in [-0.4, -0.2) is 41.4 Å². The Labute approximate surface area is 154 Å². The van der Waals surface area contributed by atoms with Gasteiger partial charge in [0.2, 0.25) is 5.91 Å². The van der Waals surface area contributed by atoms with Gasteiger partial charge in [0, 0.05) is 30.8 Å². The summed E-state index contributed by atoms with van der Waals surface area (Å²) in [5, 5.41) is 4.54. The van der Waals surface area contributed by atoms with E-state index in [1.807, 2.05) is 29.3 Å². The second-order valence-electron chi connectivity index (χ2n) is 7.63. The third kappa shape index (κ3) is 3.54. The molecule has 1 aromatic carbocycles. The number of aromatic nitrogens is 2. The maximum absolute atomic E-state index is 12.8. The third-order valence-electron chi connectivity index (χ3n) is 4.73. The molecule has 0 aliphatic carbocycles. The van der Waals surface area contributed by atoms with E-state index in [0.29, 0.717) is 24.5 Å². The zero-order valence-electron chi connectivity index (χ0n) is 16.2. The molecule has 0 bridgehead atoms. The van der Waals surface area contributed by atoms with Gasteiger partial charge in [0.15, 0.2) is 11.5 Å². The van der Waals surface area contributed by atoms with Crippen molar-refractivity contribution < 1.29 is 14.3 Å².